The van der Waals surface area contributed by atoms with Gasteiger partial charge in [0.05, 0.1) is 17.0 Å². The van der Waals surface area contributed by atoms with Gasteiger partial charge >= 0.3 is 6.18 Å². The Bertz CT molecular complexity index is 1360. The Morgan fingerprint density at radius 3 is 2.03 bits per heavy atom. The number of Topliss-reactive ketones (excluding diaryl/α,β-unsaturated/α-hetero) is 2. The molecule has 170 valence electrons. The lowest BCUT2D eigenvalue weighted by Crippen LogP contribution is -2.28. The van der Waals surface area contributed by atoms with Gasteiger partial charge in [0.15, 0.2) is 5.78 Å². The minimum atomic E-state index is -5.23. The minimum Gasteiger partial charge on any atom is -0.288 e. The van der Waals surface area contributed by atoms with E-state index in [0.717, 1.165) is 6.08 Å². The smallest absolute Gasteiger partial charge is 0.288 e. The highest BCUT2D eigenvalue weighted by atomic mass is 35.5. The first-order valence-corrected chi connectivity index (χ1v) is 10.5. The van der Waals surface area contributed by atoms with Crippen LogP contribution in [0.15, 0.2) is 96.7 Å². The van der Waals surface area contributed by atoms with Gasteiger partial charge in [-0.2, -0.15) is 18.3 Å². The highest BCUT2D eigenvalue weighted by molar-refractivity contribution is 6.31. The van der Waals surface area contributed by atoms with Crippen LogP contribution in [-0.2, 0) is 4.79 Å². The molecule has 0 aliphatic heterocycles. The number of hydrogen-bond acceptors (Lipinski definition) is 3. The van der Waals surface area contributed by atoms with Crippen molar-refractivity contribution in [2.24, 2.45) is 0 Å². The summed E-state index contributed by atoms with van der Waals surface area (Å²) in [7, 11) is 0. The number of benzene rings is 3. The third-order valence-corrected chi connectivity index (χ3v) is 5.22. The van der Waals surface area contributed by atoms with Crippen molar-refractivity contribution in [3.63, 3.8) is 0 Å². The van der Waals surface area contributed by atoms with Gasteiger partial charge in [0, 0.05) is 27.9 Å². The largest absolute Gasteiger partial charge is 0.455 e. The predicted molar refractivity (Wildman–Crippen MR) is 124 cm³/mol. The molecule has 1 heterocycles. The molecule has 0 unspecified atom stereocenters. The summed E-state index contributed by atoms with van der Waals surface area (Å²) >= 11 is 5.97. The standard InChI is InChI=1S/C26H16ClF3N2O2/c27-20-13-11-17(12-14-20)23-19(16-32(31-23)21-9-5-2-6-10-21)15-22(25(34)26(28,29)30)24(33)18-7-3-1-4-8-18/h1-16H. The Kier molecular flexibility index (Phi) is 6.47. The quantitative estimate of drug-likeness (QED) is 0.135. The van der Waals surface area contributed by atoms with Gasteiger partial charge in [-0.3, -0.25) is 9.59 Å². The summed E-state index contributed by atoms with van der Waals surface area (Å²) in [4.78, 5) is 25.3. The van der Waals surface area contributed by atoms with Gasteiger partial charge < -0.3 is 0 Å². The summed E-state index contributed by atoms with van der Waals surface area (Å²) in [5.41, 5.74) is 0.625. The Hall–Kier alpha value is -3.97. The van der Waals surface area contributed by atoms with Gasteiger partial charge in [-0.05, 0) is 30.3 Å². The van der Waals surface area contributed by atoms with E-state index in [9.17, 15) is 22.8 Å². The van der Waals surface area contributed by atoms with Crippen LogP contribution >= 0.6 is 11.6 Å². The molecule has 0 atom stereocenters. The Morgan fingerprint density at radius 2 is 1.44 bits per heavy atom. The normalized spacial score (nSPS) is 11.9. The van der Waals surface area contributed by atoms with Gasteiger partial charge in [-0.15, -0.1) is 0 Å². The minimum absolute atomic E-state index is 0.0326. The first-order valence-electron chi connectivity index (χ1n) is 10.1. The number of carbonyl (C=O) groups excluding carboxylic acids is 2. The van der Waals surface area contributed by atoms with E-state index >= 15 is 0 Å². The van der Waals surface area contributed by atoms with Crippen molar-refractivity contribution >= 4 is 29.2 Å². The zero-order chi connectivity index (χ0) is 24.3. The molecule has 0 aliphatic carbocycles. The number of aromatic nitrogens is 2. The molecule has 0 amide bonds. The average molecular weight is 481 g/mol. The lowest BCUT2D eigenvalue weighted by Gasteiger charge is -2.09. The lowest BCUT2D eigenvalue weighted by atomic mass is 9.96. The molecule has 3 aromatic carbocycles. The molecule has 4 rings (SSSR count). The zero-order valence-corrected chi connectivity index (χ0v) is 18.2. The van der Waals surface area contributed by atoms with E-state index in [0.29, 0.717) is 16.3 Å². The third-order valence-electron chi connectivity index (χ3n) is 4.96. The van der Waals surface area contributed by atoms with Crippen LogP contribution in [0.3, 0.4) is 0 Å². The van der Waals surface area contributed by atoms with E-state index in [1.165, 1.54) is 35.1 Å². The topological polar surface area (TPSA) is 52.0 Å². The molecular weight excluding hydrogens is 465 g/mol. The van der Waals surface area contributed by atoms with E-state index in [4.69, 9.17) is 11.6 Å². The van der Waals surface area contributed by atoms with Gasteiger partial charge in [-0.25, -0.2) is 4.68 Å². The van der Waals surface area contributed by atoms with Crippen LogP contribution in [0.25, 0.3) is 23.0 Å². The summed E-state index contributed by atoms with van der Waals surface area (Å²) in [6.45, 7) is 0. The molecule has 0 fully saturated rings. The fourth-order valence-electron chi connectivity index (χ4n) is 3.33. The molecule has 4 aromatic rings. The summed E-state index contributed by atoms with van der Waals surface area (Å²) in [6.07, 6.45) is -2.81. The molecule has 4 nitrogen and oxygen atoms in total. The fourth-order valence-corrected chi connectivity index (χ4v) is 3.45. The van der Waals surface area contributed by atoms with Crippen LogP contribution in [0, 0.1) is 0 Å². The first-order chi connectivity index (χ1) is 16.2. The Morgan fingerprint density at radius 1 is 0.853 bits per heavy atom. The van der Waals surface area contributed by atoms with Gasteiger partial charge in [-0.1, -0.05) is 72.3 Å². The number of ketones is 2. The van der Waals surface area contributed by atoms with Crippen molar-refractivity contribution in [3.8, 4) is 16.9 Å². The highest BCUT2D eigenvalue weighted by Crippen LogP contribution is 2.30. The number of carbonyl (C=O) groups is 2. The number of halogens is 4. The lowest BCUT2D eigenvalue weighted by molar-refractivity contribution is -0.166. The molecular formula is C26H16ClF3N2O2. The number of para-hydroxylation sites is 1. The third kappa shape index (κ3) is 5.00. The summed E-state index contributed by atoms with van der Waals surface area (Å²) in [6, 6.07) is 22.8. The second kappa shape index (κ2) is 9.49. The Balaban J connectivity index is 1.92. The molecule has 0 radical (unpaired) electrons. The van der Waals surface area contributed by atoms with Crippen LogP contribution < -0.4 is 0 Å². The van der Waals surface area contributed by atoms with Crippen LogP contribution in [0.1, 0.15) is 15.9 Å². The van der Waals surface area contributed by atoms with E-state index in [-0.39, 0.29) is 16.8 Å². The zero-order valence-electron chi connectivity index (χ0n) is 17.5. The summed E-state index contributed by atoms with van der Waals surface area (Å²) in [5, 5.41) is 4.98. The maximum Gasteiger partial charge on any atom is 0.455 e. The monoisotopic (exact) mass is 480 g/mol. The number of nitrogens with zero attached hydrogens (tertiary/aromatic N) is 2. The van der Waals surface area contributed by atoms with Crippen LogP contribution in [0.4, 0.5) is 13.2 Å². The van der Waals surface area contributed by atoms with Crippen molar-refractivity contribution in [2.75, 3.05) is 0 Å². The molecule has 1 aromatic heterocycles. The number of alkyl halides is 3. The average Bonchev–Trinajstić information content (AvgIpc) is 3.26. The molecule has 0 bridgehead atoms. The molecule has 0 spiro atoms. The van der Waals surface area contributed by atoms with Crippen molar-refractivity contribution in [3.05, 3.63) is 113 Å². The van der Waals surface area contributed by atoms with E-state index < -0.39 is 23.3 Å². The Labute approximate surface area is 197 Å². The molecule has 0 saturated carbocycles. The SMILES string of the molecule is O=C(C(=Cc1cn(-c2ccccc2)nc1-c1ccc(Cl)cc1)C(=O)C(F)(F)F)c1ccccc1. The number of allylic oxidation sites excluding steroid dienone is 1. The highest BCUT2D eigenvalue weighted by Gasteiger charge is 2.43. The van der Waals surface area contributed by atoms with Crippen molar-refractivity contribution in [1.82, 2.24) is 9.78 Å². The maximum absolute atomic E-state index is 13.4. The maximum atomic E-state index is 13.4. The predicted octanol–water partition coefficient (Wildman–Crippen LogP) is 6.59. The van der Waals surface area contributed by atoms with Crippen molar-refractivity contribution < 1.29 is 22.8 Å². The fraction of sp³-hybridized carbons (Fsp3) is 0.0385. The van der Waals surface area contributed by atoms with Crippen LogP contribution in [-0.4, -0.2) is 27.5 Å². The molecule has 0 N–H and O–H groups in total. The van der Waals surface area contributed by atoms with Gasteiger partial charge in [0.1, 0.15) is 0 Å². The molecule has 8 heteroatoms. The number of hydrogen-bond donors (Lipinski definition) is 0. The van der Waals surface area contributed by atoms with E-state index in [1.807, 2.05) is 6.07 Å². The van der Waals surface area contributed by atoms with Gasteiger partial charge in [0.2, 0.25) is 0 Å². The molecule has 0 saturated heterocycles. The second-order valence-electron chi connectivity index (χ2n) is 7.30. The van der Waals surface area contributed by atoms with Gasteiger partial charge in [0.25, 0.3) is 5.78 Å². The first kappa shape index (κ1) is 23.2. The van der Waals surface area contributed by atoms with Crippen LogP contribution in [0.2, 0.25) is 5.02 Å². The molecule has 34 heavy (non-hydrogen) atoms. The van der Waals surface area contributed by atoms with Crippen LogP contribution in [0.5, 0.6) is 0 Å². The number of rotatable bonds is 6. The van der Waals surface area contributed by atoms with Crippen molar-refractivity contribution in [1.29, 1.82) is 0 Å². The summed E-state index contributed by atoms with van der Waals surface area (Å²) in [5.74, 6) is -3.26. The molecule has 0 aliphatic rings. The van der Waals surface area contributed by atoms with Crippen molar-refractivity contribution in [2.45, 2.75) is 6.18 Å². The van der Waals surface area contributed by atoms with E-state index in [1.54, 1.807) is 54.6 Å². The second-order valence-corrected chi connectivity index (χ2v) is 7.74. The van der Waals surface area contributed by atoms with E-state index in [2.05, 4.69) is 5.10 Å². The summed E-state index contributed by atoms with van der Waals surface area (Å²) < 4.78 is 41.8.